The lowest BCUT2D eigenvalue weighted by molar-refractivity contribution is 0.0250. The maximum atomic E-state index is 13.8. The Morgan fingerprint density at radius 3 is 2.58 bits per heavy atom. The van der Waals surface area contributed by atoms with Gasteiger partial charge in [0.1, 0.15) is 17.7 Å². The number of ether oxygens (including phenoxy) is 1. The summed E-state index contributed by atoms with van der Waals surface area (Å²) in [7, 11) is 0. The number of nitrogens with two attached hydrogens (primary N) is 1. The summed E-state index contributed by atoms with van der Waals surface area (Å²) in [6.45, 7) is 0.633. The second-order valence-corrected chi connectivity index (χ2v) is 5.37. The van der Waals surface area contributed by atoms with E-state index in [1.165, 1.54) is 23.2 Å². The molecule has 1 aliphatic rings. The molecule has 1 aromatic carbocycles. The molecule has 0 aliphatic carbocycles. The molecule has 3 rings (SSSR count). The predicted molar refractivity (Wildman–Crippen MR) is 82.2 cm³/mol. The number of nitrogens with zero attached hydrogens (tertiary/aromatic N) is 2. The van der Waals surface area contributed by atoms with Crippen LogP contribution in [0.5, 0.6) is 5.75 Å². The van der Waals surface area contributed by atoms with Crippen LogP contribution in [-0.2, 0) is 0 Å². The summed E-state index contributed by atoms with van der Waals surface area (Å²) in [5.41, 5.74) is 5.91. The lowest BCUT2D eigenvalue weighted by atomic mass is 10.1. The molecule has 8 heteroatoms. The number of halogens is 1. The van der Waals surface area contributed by atoms with Crippen LogP contribution in [0.3, 0.4) is 0 Å². The zero-order valence-corrected chi connectivity index (χ0v) is 12.5. The zero-order valence-electron chi connectivity index (χ0n) is 12.5. The molecule has 0 radical (unpaired) electrons. The largest absolute Gasteiger partial charge is 0.485 e. The van der Waals surface area contributed by atoms with Gasteiger partial charge in [-0.15, -0.1) is 0 Å². The summed E-state index contributed by atoms with van der Waals surface area (Å²) in [4.78, 5) is 27.1. The van der Waals surface area contributed by atoms with E-state index >= 15 is 0 Å². The average Bonchev–Trinajstić information content (AvgIpc) is 2.50. The van der Waals surface area contributed by atoms with E-state index in [1.54, 1.807) is 18.2 Å². The van der Waals surface area contributed by atoms with Crippen molar-refractivity contribution in [3.63, 3.8) is 0 Å². The highest BCUT2D eigenvalue weighted by Crippen LogP contribution is 2.23. The number of likely N-dealkylation sites (tertiary alicyclic amines) is 1. The summed E-state index contributed by atoms with van der Waals surface area (Å²) < 4.78 is 19.4. The molecule has 1 aromatic heterocycles. The molecule has 7 nitrogen and oxygen atoms in total. The van der Waals surface area contributed by atoms with Crippen LogP contribution in [0.4, 0.5) is 9.18 Å². The van der Waals surface area contributed by atoms with Crippen LogP contribution in [0.15, 0.2) is 36.5 Å². The van der Waals surface area contributed by atoms with Gasteiger partial charge in [-0.2, -0.15) is 0 Å². The Kier molecular flexibility index (Phi) is 4.03. The number of pyridine rings is 1. The maximum Gasteiger partial charge on any atom is 0.407 e. The van der Waals surface area contributed by atoms with Crippen LogP contribution < -0.4 is 10.5 Å². The fourth-order valence-corrected chi connectivity index (χ4v) is 2.36. The Labute approximate surface area is 136 Å². The van der Waals surface area contributed by atoms with Crippen molar-refractivity contribution in [3.8, 4) is 17.0 Å². The molecule has 2 heterocycles. The highest BCUT2D eigenvalue weighted by molar-refractivity contribution is 5.93. The van der Waals surface area contributed by atoms with Gasteiger partial charge >= 0.3 is 6.09 Å². The number of carbonyl (C=O) groups excluding carboxylic acids is 1. The molecule has 1 aliphatic heterocycles. The number of hydrogen-bond donors (Lipinski definition) is 2. The van der Waals surface area contributed by atoms with Gasteiger partial charge in [-0.05, 0) is 24.3 Å². The third kappa shape index (κ3) is 3.12. The van der Waals surface area contributed by atoms with Crippen molar-refractivity contribution in [1.82, 2.24) is 9.88 Å². The monoisotopic (exact) mass is 331 g/mol. The van der Waals surface area contributed by atoms with Gasteiger partial charge in [-0.3, -0.25) is 9.78 Å². The fraction of sp³-hybridized carbons (Fsp3) is 0.188. The number of rotatable bonds is 4. The van der Waals surface area contributed by atoms with Crippen LogP contribution in [0.25, 0.3) is 11.3 Å². The standard InChI is InChI=1S/C16H14FN3O4/c17-13-5-9(1-3-12(13)15(18)21)14-4-2-10(6-19-14)24-11-7-20(8-11)16(22)23/h1-6,11H,7-8H2,(H2,18,21)(H,22,23). The highest BCUT2D eigenvalue weighted by atomic mass is 19.1. The first kappa shape index (κ1) is 15.7. The first-order valence-electron chi connectivity index (χ1n) is 7.14. The Hall–Kier alpha value is -3.16. The molecule has 0 bridgehead atoms. The van der Waals surface area contributed by atoms with E-state index in [9.17, 15) is 14.0 Å². The zero-order chi connectivity index (χ0) is 17.3. The second-order valence-electron chi connectivity index (χ2n) is 5.37. The topological polar surface area (TPSA) is 106 Å². The molecule has 0 atom stereocenters. The van der Waals surface area contributed by atoms with Crippen molar-refractivity contribution in [2.24, 2.45) is 5.73 Å². The lowest BCUT2D eigenvalue weighted by Crippen LogP contribution is -2.55. The maximum absolute atomic E-state index is 13.8. The predicted octanol–water partition coefficient (Wildman–Crippen LogP) is 1.73. The minimum Gasteiger partial charge on any atom is -0.485 e. The Balaban J connectivity index is 1.68. The van der Waals surface area contributed by atoms with Crippen molar-refractivity contribution < 1.29 is 23.8 Å². The summed E-state index contributed by atoms with van der Waals surface area (Å²) in [6.07, 6.45) is 0.323. The van der Waals surface area contributed by atoms with E-state index in [2.05, 4.69) is 4.98 Å². The van der Waals surface area contributed by atoms with Gasteiger partial charge in [-0.25, -0.2) is 9.18 Å². The SMILES string of the molecule is NC(=O)c1ccc(-c2ccc(OC3CN(C(=O)O)C3)cn2)cc1F. The van der Waals surface area contributed by atoms with Crippen molar-refractivity contribution in [2.45, 2.75) is 6.10 Å². The third-order valence-corrected chi connectivity index (χ3v) is 3.69. The van der Waals surface area contributed by atoms with E-state index in [4.69, 9.17) is 15.6 Å². The van der Waals surface area contributed by atoms with Gasteiger partial charge in [-0.1, -0.05) is 6.07 Å². The van der Waals surface area contributed by atoms with Gasteiger partial charge in [0.25, 0.3) is 5.91 Å². The summed E-state index contributed by atoms with van der Waals surface area (Å²) in [5, 5.41) is 8.75. The van der Waals surface area contributed by atoms with E-state index in [1.807, 2.05) is 0 Å². The third-order valence-electron chi connectivity index (χ3n) is 3.69. The van der Waals surface area contributed by atoms with Crippen LogP contribution >= 0.6 is 0 Å². The van der Waals surface area contributed by atoms with E-state index in [0.29, 0.717) is 30.1 Å². The van der Waals surface area contributed by atoms with Crippen LogP contribution in [-0.4, -0.2) is 46.2 Å². The molecule has 0 spiro atoms. The van der Waals surface area contributed by atoms with E-state index < -0.39 is 17.8 Å². The molecular formula is C16H14FN3O4. The number of carboxylic acid groups (broad SMARTS) is 1. The summed E-state index contributed by atoms with van der Waals surface area (Å²) >= 11 is 0. The molecule has 0 unspecified atom stereocenters. The minimum absolute atomic E-state index is 0.174. The molecule has 2 aromatic rings. The van der Waals surface area contributed by atoms with Crippen LogP contribution in [0.1, 0.15) is 10.4 Å². The van der Waals surface area contributed by atoms with Crippen LogP contribution in [0.2, 0.25) is 0 Å². The molecule has 124 valence electrons. The molecule has 1 fully saturated rings. The van der Waals surface area contributed by atoms with Gasteiger partial charge in [0.15, 0.2) is 0 Å². The van der Waals surface area contributed by atoms with Crippen LogP contribution in [0, 0.1) is 5.82 Å². The van der Waals surface area contributed by atoms with Crippen molar-refractivity contribution >= 4 is 12.0 Å². The second kappa shape index (κ2) is 6.15. The first-order chi connectivity index (χ1) is 11.4. The Bertz CT molecular complexity index is 788. The Morgan fingerprint density at radius 1 is 1.29 bits per heavy atom. The fourth-order valence-electron chi connectivity index (χ4n) is 2.36. The average molecular weight is 331 g/mol. The van der Waals surface area contributed by atoms with Crippen molar-refractivity contribution in [1.29, 1.82) is 0 Å². The number of hydrogen-bond acceptors (Lipinski definition) is 4. The highest BCUT2D eigenvalue weighted by Gasteiger charge is 2.32. The molecule has 3 N–H and O–H groups in total. The van der Waals surface area contributed by atoms with E-state index in [-0.39, 0.29) is 11.7 Å². The minimum atomic E-state index is -0.968. The van der Waals surface area contributed by atoms with Crippen molar-refractivity contribution in [2.75, 3.05) is 13.1 Å². The first-order valence-corrected chi connectivity index (χ1v) is 7.14. The number of aromatic nitrogens is 1. The molecule has 1 saturated heterocycles. The Morgan fingerprint density at radius 2 is 2.04 bits per heavy atom. The molecular weight excluding hydrogens is 317 g/mol. The summed E-state index contributed by atoms with van der Waals surface area (Å²) in [5.74, 6) is -1.03. The smallest absolute Gasteiger partial charge is 0.407 e. The molecule has 0 saturated carbocycles. The summed E-state index contributed by atoms with van der Waals surface area (Å²) in [6, 6.07) is 7.39. The lowest BCUT2D eigenvalue weighted by Gasteiger charge is -2.36. The van der Waals surface area contributed by atoms with Crippen molar-refractivity contribution in [3.05, 3.63) is 47.9 Å². The normalized spacial score (nSPS) is 14.1. The van der Waals surface area contributed by atoms with Gasteiger partial charge in [0, 0.05) is 5.56 Å². The number of primary amides is 1. The van der Waals surface area contributed by atoms with Gasteiger partial charge in [0.2, 0.25) is 0 Å². The quantitative estimate of drug-likeness (QED) is 0.887. The number of carbonyl (C=O) groups is 2. The number of amides is 2. The van der Waals surface area contributed by atoms with E-state index in [0.717, 1.165) is 0 Å². The van der Waals surface area contributed by atoms with Gasteiger partial charge < -0.3 is 20.5 Å². The van der Waals surface area contributed by atoms with Gasteiger partial charge in [0.05, 0.1) is 30.5 Å². The number of benzene rings is 1. The molecule has 2 amide bonds. The molecule has 24 heavy (non-hydrogen) atoms.